The SMILES string of the molecule is Oc1ccc(F)cc1CNC1CCCCCC1O. The first-order chi connectivity index (χ1) is 8.66. The van der Waals surface area contributed by atoms with E-state index < -0.39 is 0 Å². The summed E-state index contributed by atoms with van der Waals surface area (Å²) in [6.45, 7) is 0.380. The molecule has 1 aromatic rings. The highest BCUT2D eigenvalue weighted by atomic mass is 19.1. The van der Waals surface area contributed by atoms with E-state index in [1.807, 2.05) is 0 Å². The smallest absolute Gasteiger partial charge is 0.123 e. The van der Waals surface area contributed by atoms with Gasteiger partial charge in [0.1, 0.15) is 11.6 Å². The van der Waals surface area contributed by atoms with E-state index >= 15 is 0 Å². The second-order valence-electron chi connectivity index (χ2n) is 4.97. The van der Waals surface area contributed by atoms with E-state index in [0.717, 1.165) is 32.1 Å². The minimum Gasteiger partial charge on any atom is -0.508 e. The lowest BCUT2D eigenvalue weighted by Gasteiger charge is -2.22. The average molecular weight is 253 g/mol. The standard InChI is InChI=1S/C14H20FNO2/c15-11-6-7-13(17)10(8-11)9-16-12-4-2-1-3-5-14(12)18/h6-8,12,14,16-18H,1-5,9H2. The van der Waals surface area contributed by atoms with Gasteiger partial charge in [-0.25, -0.2) is 4.39 Å². The predicted molar refractivity (Wildman–Crippen MR) is 67.8 cm³/mol. The molecule has 1 aromatic carbocycles. The number of hydrogen-bond acceptors (Lipinski definition) is 3. The van der Waals surface area contributed by atoms with Gasteiger partial charge in [0.15, 0.2) is 0 Å². The molecule has 0 bridgehead atoms. The molecule has 0 saturated heterocycles. The molecule has 100 valence electrons. The summed E-state index contributed by atoms with van der Waals surface area (Å²) in [5, 5.41) is 22.8. The maximum Gasteiger partial charge on any atom is 0.123 e. The molecule has 3 nitrogen and oxygen atoms in total. The summed E-state index contributed by atoms with van der Waals surface area (Å²) in [4.78, 5) is 0. The molecule has 0 amide bonds. The van der Waals surface area contributed by atoms with Crippen molar-refractivity contribution in [2.24, 2.45) is 0 Å². The Morgan fingerprint density at radius 1 is 1.22 bits per heavy atom. The molecule has 18 heavy (non-hydrogen) atoms. The van der Waals surface area contributed by atoms with Crippen molar-refractivity contribution in [1.29, 1.82) is 0 Å². The number of hydrogen-bond donors (Lipinski definition) is 3. The molecular formula is C14H20FNO2. The molecule has 0 aliphatic heterocycles. The van der Waals surface area contributed by atoms with Crippen LogP contribution in [-0.2, 0) is 6.54 Å². The van der Waals surface area contributed by atoms with Crippen molar-refractivity contribution in [1.82, 2.24) is 5.32 Å². The predicted octanol–water partition coefficient (Wildman–Crippen LogP) is 2.31. The summed E-state index contributed by atoms with van der Waals surface area (Å²) < 4.78 is 13.1. The number of phenolic OH excluding ortho intramolecular Hbond substituents is 1. The van der Waals surface area contributed by atoms with Gasteiger partial charge in [-0.2, -0.15) is 0 Å². The van der Waals surface area contributed by atoms with Gasteiger partial charge >= 0.3 is 0 Å². The molecule has 1 fully saturated rings. The zero-order chi connectivity index (χ0) is 13.0. The summed E-state index contributed by atoms with van der Waals surface area (Å²) in [7, 11) is 0. The van der Waals surface area contributed by atoms with E-state index in [0.29, 0.717) is 12.1 Å². The Balaban J connectivity index is 1.95. The Morgan fingerprint density at radius 3 is 2.83 bits per heavy atom. The van der Waals surface area contributed by atoms with Crippen LogP contribution in [0.1, 0.15) is 37.7 Å². The van der Waals surface area contributed by atoms with Gasteiger partial charge in [0.2, 0.25) is 0 Å². The number of benzene rings is 1. The molecule has 2 rings (SSSR count). The quantitative estimate of drug-likeness (QED) is 0.725. The third-order valence-electron chi connectivity index (χ3n) is 3.58. The third-order valence-corrected chi connectivity index (χ3v) is 3.58. The molecule has 3 N–H and O–H groups in total. The van der Waals surface area contributed by atoms with Crippen LogP contribution in [0.4, 0.5) is 4.39 Å². The van der Waals surface area contributed by atoms with E-state index in [2.05, 4.69) is 5.32 Å². The van der Waals surface area contributed by atoms with Gasteiger partial charge in [0.05, 0.1) is 6.10 Å². The fourth-order valence-electron chi connectivity index (χ4n) is 2.46. The Bertz CT molecular complexity index is 397. The average Bonchev–Trinajstić information content (AvgIpc) is 2.55. The van der Waals surface area contributed by atoms with Gasteiger partial charge in [0.25, 0.3) is 0 Å². The van der Waals surface area contributed by atoms with Gasteiger partial charge in [-0.15, -0.1) is 0 Å². The van der Waals surface area contributed by atoms with Crippen LogP contribution in [0, 0.1) is 5.82 Å². The van der Waals surface area contributed by atoms with Crippen LogP contribution in [0.3, 0.4) is 0 Å². The van der Waals surface area contributed by atoms with E-state index in [1.54, 1.807) is 0 Å². The molecule has 0 spiro atoms. The molecular weight excluding hydrogens is 233 g/mol. The zero-order valence-electron chi connectivity index (χ0n) is 10.4. The summed E-state index contributed by atoms with van der Waals surface area (Å²) in [5.41, 5.74) is 0.534. The Kier molecular flexibility index (Phi) is 4.55. The first kappa shape index (κ1) is 13.3. The van der Waals surface area contributed by atoms with Gasteiger partial charge in [-0.1, -0.05) is 19.3 Å². The second kappa shape index (κ2) is 6.16. The normalized spacial score (nSPS) is 24.8. The number of aliphatic hydroxyl groups is 1. The molecule has 2 atom stereocenters. The van der Waals surface area contributed by atoms with Gasteiger partial charge < -0.3 is 15.5 Å². The van der Waals surface area contributed by atoms with Crippen molar-refractivity contribution in [2.45, 2.75) is 50.8 Å². The van der Waals surface area contributed by atoms with E-state index in [-0.39, 0.29) is 23.7 Å². The van der Waals surface area contributed by atoms with Crippen LogP contribution in [0.25, 0.3) is 0 Å². The fourth-order valence-corrected chi connectivity index (χ4v) is 2.46. The van der Waals surface area contributed by atoms with Crippen LogP contribution >= 0.6 is 0 Å². The monoisotopic (exact) mass is 253 g/mol. The lowest BCUT2D eigenvalue weighted by molar-refractivity contribution is 0.119. The van der Waals surface area contributed by atoms with Crippen molar-refractivity contribution in [3.8, 4) is 5.75 Å². The largest absolute Gasteiger partial charge is 0.508 e. The molecule has 2 unspecified atom stereocenters. The van der Waals surface area contributed by atoms with Gasteiger partial charge in [-0.05, 0) is 31.0 Å². The molecule has 0 heterocycles. The molecule has 1 saturated carbocycles. The lowest BCUT2D eigenvalue weighted by Crippen LogP contribution is -2.38. The second-order valence-corrected chi connectivity index (χ2v) is 4.97. The molecule has 1 aliphatic carbocycles. The number of aromatic hydroxyl groups is 1. The fraction of sp³-hybridized carbons (Fsp3) is 0.571. The van der Waals surface area contributed by atoms with E-state index in [1.165, 1.54) is 18.2 Å². The number of halogens is 1. The van der Waals surface area contributed by atoms with Crippen molar-refractivity contribution in [3.63, 3.8) is 0 Å². The first-order valence-corrected chi connectivity index (χ1v) is 6.55. The maximum absolute atomic E-state index is 13.1. The first-order valence-electron chi connectivity index (χ1n) is 6.55. The third kappa shape index (κ3) is 3.43. The number of phenols is 1. The highest BCUT2D eigenvalue weighted by Gasteiger charge is 2.21. The van der Waals surface area contributed by atoms with Gasteiger partial charge in [0, 0.05) is 18.2 Å². The minimum absolute atomic E-state index is 0.0372. The Labute approximate surface area is 107 Å². The molecule has 1 aliphatic rings. The molecule has 0 radical (unpaired) electrons. The molecule has 0 aromatic heterocycles. The van der Waals surface area contributed by atoms with Crippen LogP contribution in [0.15, 0.2) is 18.2 Å². The topological polar surface area (TPSA) is 52.5 Å². The van der Waals surface area contributed by atoms with Crippen LogP contribution in [0.2, 0.25) is 0 Å². The van der Waals surface area contributed by atoms with Crippen LogP contribution in [-0.4, -0.2) is 22.4 Å². The number of aliphatic hydroxyl groups excluding tert-OH is 1. The molecule has 4 heteroatoms. The van der Waals surface area contributed by atoms with Crippen molar-refractivity contribution in [3.05, 3.63) is 29.6 Å². The highest BCUT2D eigenvalue weighted by molar-refractivity contribution is 5.32. The Hall–Kier alpha value is -1.13. The van der Waals surface area contributed by atoms with Gasteiger partial charge in [-0.3, -0.25) is 0 Å². The summed E-state index contributed by atoms with van der Waals surface area (Å²) >= 11 is 0. The van der Waals surface area contributed by atoms with E-state index in [9.17, 15) is 14.6 Å². The summed E-state index contributed by atoms with van der Waals surface area (Å²) in [5.74, 6) is -0.266. The Morgan fingerprint density at radius 2 is 2.00 bits per heavy atom. The lowest BCUT2D eigenvalue weighted by atomic mass is 10.1. The van der Waals surface area contributed by atoms with Crippen LogP contribution < -0.4 is 5.32 Å². The summed E-state index contributed by atoms with van der Waals surface area (Å²) in [6.07, 6.45) is 4.71. The summed E-state index contributed by atoms with van der Waals surface area (Å²) in [6, 6.07) is 3.95. The number of nitrogens with one attached hydrogen (secondary N) is 1. The van der Waals surface area contributed by atoms with Crippen molar-refractivity contribution in [2.75, 3.05) is 0 Å². The van der Waals surface area contributed by atoms with Crippen LogP contribution in [0.5, 0.6) is 5.75 Å². The maximum atomic E-state index is 13.1. The van der Waals surface area contributed by atoms with Crippen molar-refractivity contribution >= 4 is 0 Å². The zero-order valence-corrected chi connectivity index (χ0v) is 10.4. The van der Waals surface area contributed by atoms with Crippen molar-refractivity contribution < 1.29 is 14.6 Å². The highest BCUT2D eigenvalue weighted by Crippen LogP contribution is 2.21. The number of rotatable bonds is 3. The van der Waals surface area contributed by atoms with E-state index in [4.69, 9.17) is 0 Å². The minimum atomic E-state index is -0.356.